The van der Waals surface area contributed by atoms with Crippen LogP contribution in [0.2, 0.25) is 0 Å². The van der Waals surface area contributed by atoms with Gasteiger partial charge >= 0.3 is 0 Å². The monoisotopic (exact) mass is 364 g/mol. The topological polar surface area (TPSA) is 67.4 Å². The van der Waals surface area contributed by atoms with Gasteiger partial charge in [0, 0.05) is 0 Å². The van der Waals surface area contributed by atoms with Gasteiger partial charge in [-0.1, -0.05) is 18.2 Å². The standard InChI is InChI=1S/C18H15F3N2O3/c19-12-5-6-13(17(21)16(12)20)23-15(24)8-22-18(25)11-7-10-3-1-2-4-14(10)26-9-11/h1-6,11H,7-9H2,(H,22,25)(H,23,24). The summed E-state index contributed by atoms with van der Waals surface area (Å²) in [6.07, 6.45) is 0.474. The van der Waals surface area contributed by atoms with E-state index >= 15 is 0 Å². The lowest BCUT2D eigenvalue weighted by atomic mass is 9.96. The first-order valence-corrected chi connectivity index (χ1v) is 7.87. The fourth-order valence-corrected chi connectivity index (χ4v) is 2.62. The maximum absolute atomic E-state index is 13.5. The van der Waals surface area contributed by atoms with Gasteiger partial charge in [-0.25, -0.2) is 13.2 Å². The number of hydrogen-bond donors (Lipinski definition) is 2. The zero-order chi connectivity index (χ0) is 18.7. The minimum Gasteiger partial charge on any atom is -0.492 e. The number of nitrogens with one attached hydrogen (secondary N) is 2. The molecule has 136 valence electrons. The van der Waals surface area contributed by atoms with Crippen molar-refractivity contribution < 1.29 is 27.5 Å². The highest BCUT2D eigenvalue weighted by atomic mass is 19.2. The van der Waals surface area contributed by atoms with Gasteiger partial charge in [-0.2, -0.15) is 0 Å². The van der Waals surface area contributed by atoms with E-state index in [4.69, 9.17) is 4.74 Å². The zero-order valence-electron chi connectivity index (χ0n) is 13.5. The van der Waals surface area contributed by atoms with Gasteiger partial charge in [0.05, 0.1) is 18.2 Å². The maximum Gasteiger partial charge on any atom is 0.243 e. The van der Waals surface area contributed by atoms with Crippen LogP contribution in [0.1, 0.15) is 5.56 Å². The van der Waals surface area contributed by atoms with E-state index in [0.29, 0.717) is 12.5 Å². The third-order valence-corrected chi connectivity index (χ3v) is 3.98. The fraction of sp³-hybridized carbons (Fsp3) is 0.222. The van der Waals surface area contributed by atoms with Crippen molar-refractivity contribution >= 4 is 17.5 Å². The molecule has 2 amide bonds. The highest BCUT2D eigenvalue weighted by Gasteiger charge is 2.26. The van der Waals surface area contributed by atoms with E-state index in [9.17, 15) is 22.8 Å². The van der Waals surface area contributed by atoms with Crippen molar-refractivity contribution in [3.8, 4) is 5.75 Å². The van der Waals surface area contributed by atoms with Gasteiger partial charge in [-0.3, -0.25) is 9.59 Å². The Morgan fingerprint density at radius 2 is 1.85 bits per heavy atom. The van der Waals surface area contributed by atoms with Gasteiger partial charge in [0.1, 0.15) is 12.4 Å². The lowest BCUT2D eigenvalue weighted by Gasteiger charge is -2.24. The molecule has 0 aromatic heterocycles. The first-order chi connectivity index (χ1) is 12.5. The summed E-state index contributed by atoms with van der Waals surface area (Å²) in [5, 5.41) is 4.51. The molecule has 1 atom stereocenters. The van der Waals surface area contributed by atoms with E-state index in [1.807, 2.05) is 24.3 Å². The predicted octanol–water partition coefficient (Wildman–Crippen LogP) is 2.41. The van der Waals surface area contributed by atoms with Crippen molar-refractivity contribution in [1.29, 1.82) is 0 Å². The molecule has 0 spiro atoms. The van der Waals surface area contributed by atoms with Crippen molar-refractivity contribution in [1.82, 2.24) is 5.32 Å². The highest BCUT2D eigenvalue weighted by molar-refractivity contribution is 5.95. The van der Waals surface area contributed by atoms with Gasteiger partial charge in [0.25, 0.3) is 0 Å². The molecule has 0 saturated heterocycles. The molecule has 0 radical (unpaired) electrons. The molecule has 1 heterocycles. The number of benzene rings is 2. The molecule has 2 aromatic rings. The molecule has 0 fully saturated rings. The van der Waals surface area contributed by atoms with Crippen molar-refractivity contribution in [2.24, 2.45) is 5.92 Å². The first kappa shape index (κ1) is 17.8. The normalized spacial score (nSPS) is 15.6. The lowest BCUT2D eigenvalue weighted by molar-refractivity contribution is -0.128. The van der Waals surface area contributed by atoms with Crippen LogP contribution in [0.15, 0.2) is 36.4 Å². The fourth-order valence-electron chi connectivity index (χ4n) is 2.62. The summed E-state index contributed by atoms with van der Waals surface area (Å²) in [4.78, 5) is 24.0. The van der Waals surface area contributed by atoms with Crippen molar-refractivity contribution in [2.75, 3.05) is 18.5 Å². The van der Waals surface area contributed by atoms with E-state index in [1.54, 1.807) is 0 Å². The van der Waals surface area contributed by atoms with E-state index < -0.39 is 41.5 Å². The van der Waals surface area contributed by atoms with Crippen LogP contribution < -0.4 is 15.4 Å². The molecule has 26 heavy (non-hydrogen) atoms. The van der Waals surface area contributed by atoms with Crippen molar-refractivity contribution in [2.45, 2.75) is 6.42 Å². The number of para-hydroxylation sites is 1. The molecule has 3 rings (SSSR count). The number of carbonyl (C=O) groups is 2. The third-order valence-electron chi connectivity index (χ3n) is 3.98. The van der Waals surface area contributed by atoms with Crippen LogP contribution in [0.5, 0.6) is 5.75 Å². The van der Waals surface area contributed by atoms with Gasteiger partial charge in [0.15, 0.2) is 17.5 Å². The SMILES string of the molecule is O=C(CNC(=O)C1COc2ccccc2C1)Nc1ccc(F)c(F)c1F. The molecular formula is C18H15F3N2O3. The zero-order valence-corrected chi connectivity index (χ0v) is 13.5. The van der Waals surface area contributed by atoms with Crippen LogP contribution in [0.3, 0.4) is 0 Å². The Kier molecular flexibility index (Phi) is 5.11. The summed E-state index contributed by atoms with van der Waals surface area (Å²) in [6, 6.07) is 8.94. The molecular weight excluding hydrogens is 349 g/mol. The van der Waals surface area contributed by atoms with E-state index in [-0.39, 0.29) is 12.5 Å². The molecule has 0 bridgehead atoms. The van der Waals surface area contributed by atoms with Gasteiger partial charge in [-0.15, -0.1) is 0 Å². The quantitative estimate of drug-likeness (QED) is 0.819. The average molecular weight is 364 g/mol. The summed E-state index contributed by atoms with van der Waals surface area (Å²) in [7, 11) is 0. The number of ether oxygens (including phenoxy) is 1. The maximum atomic E-state index is 13.5. The number of rotatable bonds is 4. The number of fused-ring (bicyclic) bond motifs is 1. The summed E-state index contributed by atoms with van der Waals surface area (Å²) in [5.41, 5.74) is 0.394. The molecule has 1 aliphatic heterocycles. The number of anilines is 1. The molecule has 8 heteroatoms. The molecule has 2 N–H and O–H groups in total. The summed E-state index contributed by atoms with van der Waals surface area (Å²) in [5.74, 6) is -5.42. The Balaban J connectivity index is 1.54. The number of amides is 2. The largest absolute Gasteiger partial charge is 0.492 e. The smallest absolute Gasteiger partial charge is 0.243 e. The van der Waals surface area contributed by atoms with Gasteiger partial charge in [-0.05, 0) is 30.2 Å². The van der Waals surface area contributed by atoms with Gasteiger partial charge < -0.3 is 15.4 Å². The lowest BCUT2D eigenvalue weighted by Crippen LogP contribution is -2.40. The second kappa shape index (κ2) is 7.47. The van der Waals surface area contributed by atoms with E-state index in [2.05, 4.69) is 10.6 Å². The second-order valence-corrected chi connectivity index (χ2v) is 5.81. The van der Waals surface area contributed by atoms with Crippen LogP contribution in [0.25, 0.3) is 0 Å². The number of halogens is 3. The Labute approximate surface area is 147 Å². The molecule has 1 unspecified atom stereocenters. The summed E-state index contributed by atoms with van der Waals surface area (Å²) < 4.78 is 45.0. The van der Waals surface area contributed by atoms with Crippen molar-refractivity contribution in [3.63, 3.8) is 0 Å². The molecule has 0 saturated carbocycles. The summed E-state index contributed by atoms with van der Waals surface area (Å²) >= 11 is 0. The minimum atomic E-state index is -1.68. The molecule has 5 nitrogen and oxygen atoms in total. The predicted molar refractivity (Wildman–Crippen MR) is 87.1 cm³/mol. The average Bonchev–Trinajstić information content (AvgIpc) is 2.66. The Morgan fingerprint density at radius 1 is 1.08 bits per heavy atom. The van der Waals surface area contributed by atoms with Crippen LogP contribution in [-0.4, -0.2) is 25.0 Å². The van der Waals surface area contributed by atoms with Crippen molar-refractivity contribution in [3.05, 3.63) is 59.4 Å². The number of hydrogen-bond acceptors (Lipinski definition) is 3. The number of carbonyl (C=O) groups excluding carboxylic acids is 2. The molecule has 0 aliphatic carbocycles. The van der Waals surface area contributed by atoms with Crippen LogP contribution in [0, 0.1) is 23.4 Å². The van der Waals surface area contributed by atoms with Crippen LogP contribution in [0.4, 0.5) is 18.9 Å². The van der Waals surface area contributed by atoms with Crippen LogP contribution >= 0.6 is 0 Å². The molecule has 2 aromatic carbocycles. The summed E-state index contributed by atoms with van der Waals surface area (Å²) in [6.45, 7) is -0.252. The second-order valence-electron chi connectivity index (χ2n) is 5.81. The van der Waals surface area contributed by atoms with Gasteiger partial charge in [0.2, 0.25) is 11.8 Å². The highest BCUT2D eigenvalue weighted by Crippen LogP contribution is 2.26. The third kappa shape index (κ3) is 3.79. The first-order valence-electron chi connectivity index (χ1n) is 7.87. The van der Waals surface area contributed by atoms with E-state index in [1.165, 1.54) is 0 Å². The van der Waals surface area contributed by atoms with E-state index in [0.717, 1.165) is 17.4 Å². The minimum absolute atomic E-state index is 0.183. The Bertz CT molecular complexity index is 858. The Morgan fingerprint density at radius 3 is 2.65 bits per heavy atom. The Hall–Kier alpha value is -3.03. The van der Waals surface area contributed by atoms with Crippen LogP contribution in [-0.2, 0) is 16.0 Å². The molecule has 1 aliphatic rings.